The molecule has 1 fully saturated rings. The van der Waals surface area contributed by atoms with Crippen LogP contribution in [0.1, 0.15) is 64.3 Å². The number of hydrogen-bond donors (Lipinski definition) is 0. The molecule has 138 valence electrons. The number of carbonyl (C=O) groups is 1. The Morgan fingerprint density at radius 2 is 2.00 bits per heavy atom. The maximum Gasteiger partial charge on any atom is 0.411 e. The predicted molar refractivity (Wildman–Crippen MR) is 107 cm³/mol. The average molecular weight is 362 g/mol. The SMILES string of the molecule is CCCCCC=C[C@@H]1CS[C@H](c2ccccc2)N1C(=O)OC(C)(C)C. The lowest BCUT2D eigenvalue weighted by Crippen LogP contribution is -2.40. The lowest BCUT2D eigenvalue weighted by molar-refractivity contribution is 0.0207. The molecule has 3 nitrogen and oxygen atoms in total. The monoisotopic (exact) mass is 361 g/mol. The second-order valence-electron chi connectivity index (χ2n) is 7.48. The van der Waals surface area contributed by atoms with Gasteiger partial charge in [-0.3, -0.25) is 4.90 Å². The van der Waals surface area contributed by atoms with E-state index >= 15 is 0 Å². The van der Waals surface area contributed by atoms with Crippen LogP contribution in [0.3, 0.4) is 0 Å². The van der Waals surface area contributed by atoms with Crippen molar-refractivity contribution < 1.29 is 9.53 Å². The van der Waals surface area contributed by atoms with Crippen molar-refractivity contribution in [1.29, 1.82) is 0 Å². The molecule has 0 spiro atoms. The lowest BCUT2D eigenvalue weighted by Gasteiger charge is -2.31. The van der Waals surface area contributed by atoms with E-state index < -0.39 is 5.60 Å². The first-order valence-electron chi connectivity index (χ1n) is 9.27. The van der Waals surface area contributed by atoms with Gasteiger partial charge in [-0.15, -0.1) is 11.8 Å². The second kappa shape index (κ2) is 9.33. The Morgan fingerprint density at radius 3 is 2.64 bits per heavy atom. The van der Waals surface area contributed by atoms with E-state index in [-0.39, 0.29) is 17.5 Å². The van der Waals surface area contributed by atoms with Gasteiger partial charge in [0.25, 0.3) is 0 Å². The van der Waals surface area contributed by atoms with Crippen molar-refractivity contribution >= 4 is 17.9 Å². The van der Waals surface area contributed by atoms with Crippen LogP contribution in [0.4, 0.5) is 4.79 Å². The van der Waals surface area contributed by atoms with Crippen LogP contribution in [0, 0.1) is 0 Å². The Labute approximate surface area is 156 Å². The largest absolute Gasteiger partial charge is 0.444 e. The molecule has 1 aliphatic heterocycles. The van der Waals surface area contributed by atoms with Gasteiger partial charge in [-0.2, -0.15) is 0 Å². The van der Waals surface area contributed by atoms with E-state index in [0.29, 0.717) is 0 Å². The van der Waals surface area contributed by atoms with Crippen molar-refractivity contribution in [3.8, 4) is 0 Å². The van der Waals surface area contributed by atoms with Gasteiger partial charge in [-0.1, -0.05) is 62.2 Å². The van der Waals surface area contributed by atoms with Gasteiger partial charge < -0.3 is 4.74 Å². The molecule has 2 rings (SSSR count). The van der Waals surface area contributed by atoms with E-state index in [1.807, 2.05) is 55.6 Å². The summed E-state index contributed by atoms with van der Waals surface area (Å²) in [6.45, 7) is 7.97. The quantitative estimate of drug-likeness (QED) is 0.448. The zero-order valence-electron chi connectivity index (χ0n) is 15.9. The van der Waals surface area contributed by atoms with Crippen LogP contribution in [0.5, 0.6) is 0 Å². The van der Waals surface area contributed by atoms with Crippen LogP contribution in [0.2, 0.25) is 0 Å². The fourth-order valence-corrected chi connectivity index (χ4v) is 4.26. The predicted octanol–water partition coefficient (Wildman–Crippen LogP) is 6.17. The number of rotatable bonds is 6. The van der Waals surface area contributed by atoms with Crippen LogP contribution in [0.15, 0.2) is 42.5 Å². The molecule has 0 aliphatic carbocycles. The van der Waals surface area contributed by atoms with Gasteiger partial charge in [0.15, 0.2) is 0 Å². The summed E-state index contributed by atoms with van der Waals surface area (Å²) in [6.07, 6.45) is 8.96. The Balaban J connectivity index is 2.14. The second-order valence-corrected chi connectivity index (χ2v) is 8.59. The highest BCUT2D eigenvalue weighted by Gasteiger charge is 2.39. The van der Waals surface area contributed by atoms with Gasteiger partial charge >= 0.3 is 6.09 Å². The third-order valence-electron chi connectivity index (χ3n) is 4.06. The van der Waals surface area contributed by atoms with Crippen LogP contribution in [-0.2, 0) is 4.74 Å². The van der Waals surface area contributed by atoms with Crippen molar-refractivity contribution in [2.75, 3.05) is 5.75 Å². The minimum atomic E-state index is -0.485. The zero-order chi connectivity index (χ0) is 18.3. The number of allylic oxidation sites excluding steroid dienone is 1. The molecule has 0 bridgehead atoms. The molecular weight excluding hydrogens is 330 g/mol. The van der Waals surface area contributed by atoms with E-state index in [1.54, 1.807) is 0 Å². The molecule has 0 radical (unpaired) electrons. The van der Waals surface area contributed by atoms with E-state index in [2.05, 4.69) is 31.2 Å². The molecule has 1 aromatic rings. The number of amides is 1. The third-order valence-corrected chi connectivity index (χ3v) is 5.41. The zero-order valence-corrected chi connectivity index (χ0v) is 16.7. The van der Waals surface area contributed by atoms with Gasteiger partial charge in [0.1, 0.15) is 11.0 Å². The third kappa shape index (κ3) is 6.10. The van der Waals surface area contributed by atoms with Crippen LogP contribution >= 0.6 is 11.8 Å². The van der Waals surface area contributed by atoms with Gasteiger partial charge in [-0.05, 0) is 39.2 Å². The number of carbonyl (C=O) groups excluding carboxylic acids is 1. The summed E-state index contributed by atoms with van der Waals surface area (Å²) < 4.78 is 5.69. The molecule has 1 aromatic carbocycles. The summed E-state index contributed by atoms with van der Waals surface area (Å²) >= 11 is 1.81. The summed E-state index contributed by atoms with van der Waals surface area (Å²) in [4.78, 5) is 14.8. The fourth-order valence-electron chi connectivity index (χ4n) is 2.86. The number of thioether (sulfide) groups is 1. The summed E-state index contributed by atoms with van der Waals surface area (Å²) in [5, 5.41) is 0.0151. The number of nitrogens with zero attached hydrogens (tertiary/aromatic N) is 1. The maximum absolute atomic E-state index is 12.8. The number of hydrogen-bond acceptors (Lipinski definition) is 3. The van der Waals surface area contributed by atoms with Crippen LogP contribution in [-0.4, -0.2) is 28.4 Å². The smallest absolute Gasteiger partial charge is 0.411 e. The fraction of sp³-hybridized carbons (Fsp3) is 0.571. The highest BCUT2D eigenvalue weighted by molar-refractivity contribution is 7.99. The molecule has 1 aliphatic rings. The minimum absolute atomic E-state index is 0.0151. The standard InChI is InChI=1S/C21H31NO2S/c1-5-6-7-8-12-15-18-16-25-19(17-13-10-9-11-14-17)22(18)20(23)24-21(2,3)4/h9-15,18-19H,5-8,16H2,1-4H3/t18-,19-/m1/s1. The molecule has 4 heteroatoms. The first kappa shape index (κ1) is 19.9. The van der Waals surface area contributed by atoms with E-state index in [9.17, 15) is 4.79 Å². The highest BCUT2D eigenvalue weighted by Crippen LogP contribution is 2.42. The molecule has 0 N–H and O–H groups in total. The lowest BCUT2D eigenvalue weighted by atomic mass is 10.1. The van der Waals surface area contributed by atoms with Gasteiger partial charge in [0, 0.05) is 5.75 Å². The van der Waals surface area contributed by atoms with Crippen LogP contribution in [0.25, 0.3) is 0 Å². The van der Waals surface area contributed by atoms with Crippen molar-refractivity contribution in [1.82, 2.24) is 4.90 Å². The van der Waals surface area contributed by atoms with E-state index in [0.717, 1.165) is 17.7 Å². The normalized spacial score (nSPS) is 21.0. The molecule has 0 unspecified atom stereocenters. The van der Waals surface area contributed by atoms with Crippen molar-refractivity contribution in [3.05, 3.63) is 48.0 Å². The Hall–Kier alpha value is -1.42. The molecule has 1 saturated heterocycles. The molecule has 0 saturated carbocycles. The van der Waals surface area contributed by atoms with E-state index in [4.69, 9.17) is 4.74 Å². The summed E-state index contributed by atoms with van der Waals surface area (Å²) in [5.74, 6) is 0.906. The summed E-state index contributed by atoms with van der Waals surface area (Å²) in [7, 11) is 0. The van der Waals surface area contributed by atoms with Crippen LogP contribution < -0.4 is 0 Å². The van der Waals surface area contributed by atoms with Gasteiger partial charge in [0.05, 0.1) is 6.04 Å². The Bertz CT molecular complexity index is 565. The molecule has 1 heterocycles. The topological polar surface area (TPSA) is 29.5 Å². The average Bonchev–Trinajstić information content (AvgIpc) is 2.98. The number of benzene rings is 1. The number of unbranched alkanes of at least 4 members (excludes halogenated alkanes) is 3. The first-order chi connectivity index (χ1) is 11.9. The summed E-state index contributed by atoms with van der Waals surface area (Å²) in [5.41, 5.74) is 0.668. The van der Waals surface area contributed by atoms with Crippen molar-refractivity contribution in [3.63, 3.8) is 0 Å². The first-order valence-corrected chi connectivity index (χ1v) is 10.3. The molecule has 0 aromatic heterocycles. The molecular formula is C21H31NO2S. The Kier molecular flexibility index (Phi) is 7.42. The Morgan fingerprint density at radius 1 is 1.28 bits per heavy atom. The number of ether oxygens (including phenoxy) is 1. The highest BCUT2D eigenvalue weighted by atomic mass is 32.2. The molecule has 2 atom stereocenters. The van der Waals surface area contributed by atoms with Crippen molar-refractivity contribution in [2.45, 2.75) is 70.4 Å². The minimum Gasteiger partial charge on any atom is -0.444 e. The molecule has 1 amide bonds. The molecule has 25 heavy (non-hydrogen) atoms. The van der Waals surface area contributed by atoms with Gasteiger partial charge in [0.2, 0.25) is 0 Å². The van der Waals surface area contributed by atoms with Crippen molar-refractivity contribution in [2.24, 2.45) is 0 Å². The maximum atomic E-state index is 12.8. The summed E-state index contributed by atoms with van der Waals surface area (Å²) in [6, 6.07) is 10.3. The van der Waals surface area contributed by atoms with E-state index in [1.165, 1.54) is 19.3 Å². The van der Waals surface area contributed by atoms with Gasteiger partial charge in [-0.25, -0.2) is 4.79 Å².